The van der Waals surface area contributed by atoms with Crippen molar-refractivity contribution in [3.8, 4) is 0 Å². The summed E-state index contributed by atoms with van der Waals surface area (Å²) in [6, 6.07) is 0. The topological polar surface area (TPSA) is 94.8 Å². The Morgan fingerprint density at radius 2 is 2.00 bits per heavy atom. The highest BCUT2D eigenvalue weighted by Crippen LogP contribution is 2.40. The summed E-state index contributed by atoms with van der Waals surface area (Å²) in [4.78, 5) is 23.2. The van der Waals surface area contributed by atoms with Gasteiger partial charge in [0.05, 0.1) is 12.2 Å². The zero-order chi connectivity index (χ0) is 22.4. The van der Waals surface area contributed by atoms with Gasteiger partial charge in [0.1, 0.15) is 5.78 Å². The van der Waals surface area contributed by atoms with E-state index in [4.69, 9.17) is 5.11 Å². The molecular formula is C24H40O5S. The van der Waals surface area contributed by atoms with E-state index in [0.717, 1.165) is 25.7 Å². The van der Waals surface area contributed by atoms with E-state index in [2.05, 4.69) is 13.0 Å². The number of carbonyl (C=O) groups is 2. The number of thioether (sulfide) groups is 1. The van der Waals surface area contributed by atoms with Gasteiger partial charge in [-0.05, 0) is 44.9 Å². The number of hydrogen-bond donors (Lipinski definition) is 3. The summed E-state index contributed by atoms with van der Waals surface area (Å²) in [6.07, 6.45) is 15.4. The molecule has 1 unspecified atom stereocenters. The number of rotatable bonds is 16. The van der Waals surface area contributed by atoms with E-state index in [1.807, 2.05) is 25.2 Å². The SMILES string of the molecule is CCCCCC(C)(O)CC=C[C@H]1[C@H](SCCO)CC(=O)[C@@H]1CC=CCCCC(=O)O. The number of Topliss-reactive ketones (excluding diaryl/α,β-unsaturated/α-hetero) is 1. The zero-order valence-corrected chi connectivity index (χ0v) is 19.4. The standard InChI is InChI=1S/C24H40O5S/c1-3-4-9-14-24(2,29)15-10-12-20-19(11-7-5-6-8-13-23(27)28)21(26)18-22(20)30-17-16-25/h5,7,10,12,19-20,22,25,29H,3-4,6,8-9,11,13-18H2,1-2H3,(H,27,28)/t19-,20-,22-,24?/m1/s1. The van der Waals surface area contributed by atoms with Crippen molar-refractivity contribution in [3.63, 3.8) is 0 Å². The summed E-state index contributed by atoms with van der Waals surface area (Å²) in [5.74, 6) is 0.107. The molecule has 0 bridgehead atoms. The average Bonchev–Trinajstić information content (AvgIpc) is 2.97. The molecule has 1 rings (SSSR count). The van der Waals surface area contributed by atoms with Gasteiger partial charge >= 0.3 is 5.97 Å². The van der Waals surface area contributed by atoms with E-state index in [0.29, 0.717) is 37.9 Å². The lowest BCUT2D eigenvalue weighted by atomic mass is 9.89. The number of allylic oxidation sites excluding steroid dienone is 3. The van der Waals surface area contributed by atoms with Crippen molar-refractivity contribution < 1.29 is 24.9 Å². The van der Waals surface area contributed by atoms with Crippen LogP contribution in [-0.2, 0) is 9.59 Å². The predicted octanol–water partition coefficient (Wildman–Crippen LogP) is 4.76. The first-order valence-electron chi connectivity index (χ1n) is 11.3. The molecule has 30 heavy (non-hydrogen) atoms. The van der Waals surface area contributed by atoms with E-state index in [-0.39, 0.29) is 35.9 Å². The van der Waals surface area contributed by atoms with Gasteiger partial charge in [-0.2, -0.15) is 11.8 Å². The third kappa shape index (κ3) is 10.8. The van der Waals surface area contributed by atoms with Gasteiger partial charge in [0.2, 0.25) is 0 Å². The highest BCUT2D eigenvalue weighted by molar-refractivity contribution is 8.00. The molecular weight excluding hydrogens is 400 g/mol. The molecule has 1 fully saturated rings. The molecule has 0 heterocycles. The second-order valence-corrected chi connectivity index (χ2v) is 9.91. The number of hydrogen-bond acceptors (Lipinski definition) is 5. The molecule has 0 spiro atoms. The Morgan fingerprint density at radius 3 is 2.67 bits per heavy atom. The minimum atomic E-state index is -0.783. The lowest BCUT2D eigenvalue weighted by molar-refractivity contribution is -0.137. The van der Waals surface area contributed by atoms with Crippen LogP contribution in [0.25, 0.3) is 0 Å². The predicted molar refractivity (Wildman–Crippen MR) is 124 cm³/mol. The van der Waals surface area contributed by atoms with Crippen LogP contribution in [0.1, 0.15) is 78.1 Å². The molecule has 0 radical (unpaired) electrons. The Bertz CT molecular complexity index is 570. The summed E-state index contributed by atoms with van der Waals surface area (Å²) in [7, 11) is 0. The molecule has 0 aliphatic heterocycles. The van der Waals surface area contributed by atoms with Crippen LogP contribution in [0, 0.1) is 11.8 Å². The van der Waals surface area contributed by atoms with Crippen LogP contribution in [0.5, 0.6) is 0 Å². The highest BCUT2D eigenvalue weighted by atomic mass is 32.2. The zero-order valence-electron chi connectivity index (χ0n) is 18.6. The van der Waals surface area contributed by atoms with E-state index >= 15 is 0 Å². The van der Waals surface area contributed by atoms with Gasteiger partial charge in [-0.25, -0.2) is 0 Å². The van der Waals surface area contributed by atoms with Crippen LogP contribution in [0.3, 0.4) is 0 Å². The molecule has 0 aromatic heterocycles. The van der Waals surface area contributed by atoms with Crippen molar-refractivity contribution in [2.75, 3.05) is 12.4 Å². The van der Waals surface area contributed by atoms with Crippen molar-refractivity contribution >= 4 is 23.5 Å². The van der Waals surface area contributed by atoms with Gasteiger partial charge in [0, 0.05) is 29.8 Å². The third-order valence-electron chi connectivity index (χ3n) is 5.69. The first-order valence-corrected chi connectivity index (χ1v) is 12.4. The number of aliphatic carboxylic acids is 1. The van der Waals surface area contributed by atoms with Gasteiger partial charge in [-0.1, -0.05) is 50.5 Å². The lowest BCUT2D eigenvalue weighted by Crippen LogP contribution is -2.23. The summed E-state index contributed by atoms with van der Waals surface area (Å²) in [5.41, 5.74) is -0.721. The molecule has 0 aromatic rings. The fourth-order valence-electron chi connectivity index (χ4n) is 3.95. The second-order valence-electron chi connectivity index (χ2n) is 8.57. The number of aliphatic hydroxyl groups excluding tert-OH is 1. The maximum atomic E-state index is 12.6. The minimum absolute atomic E-state index is 0.0850. The molecule has 6 heteroatoms. The van der Waals surface area contributed by atoms with Crippen LogP contribution in [0.2, 0.25) is 0 Å². The molecule has 1 aliphatic carbocycles. The van der Waals surface area contributed by atoms with Crippen LogP contribution < -0.4 is 0 Å². The number of carboxylic acids is 1. The van der Waals surface area contributed by atoms with Gasteiger partial charge in [0.15, 0.2) is 0 Å². The highest BCUT2D eigenvalue weighted by Gasteiger charge is 2.40. The van der Waals surface area contributed by atoms with E-state index in [1.165, 1.54) is 0 Å². The lowest BCUT2D eigenvalue weighted by Gasteiger charge is -2.23. The second kappa shape index (κ2) is 14.8. The van der Waals surface area contributed by atoms with Crippen molar-refractivity contribution in [1.29, 1.82) is 0 Å². The fraction of sp³-hybridized carbons (Fsp3) is 0.750. The van der Waals surface area contributed by atoms with E-state index < -0.39 is 11.6 Å². The fourth-order valence-corrected chi connectivity index (χ4v) is 5.14. The Balaban J connectivity index is 2.68. The molecule has 3 N–H and O–H groups in total. The maximum absolute atomic E-state index is 12.6. The molecule has 0 aromatic carbocycles. The first kappa shape index (κ1) is 26.9. The Kier molecular flexibility index (Phi) is 13.3. The number of aliphatic hydroxyl groups is 2. The van der Waals surface area contributed by atoms with Crippen molar-refractivity contribution in [1.82, 2.24) is 0 Å². The van der Waals surface area contributed by atoms with Gasteiger partial charge in [-0.3, -0.25) is 9.59 Å². The monoisotopic (exact) mass is 440 g/mol. The van der Waals surface area contributed by atoms with Crippen molar-refractivity contribution in [2.24, 2.45) is 11.8 Å². The maximum Gasteiger partial charge on any atom is 0.303 e. The quantitative estimate of drug-likeness (QED) is 0.236. The number of carbonyl (C=O) groups excluding carboxylic acids is 1. The summed E-state index contributed by atoms with van der Waals surface area (Å²) in [5, 5.41) is 28.6. The van der Waals surface area contributed by atoms with Crippen molar-refractivity contribution in [3.05, 3.63) is 24.3 Å². The summed E-state index contributed by atoms with van der Waals surface area (Å²) >= 11 is 1.65. The number of unbranched alkanes of at least 4 members (excludes halogenated alkanes) is 3. The molecule has 0 saturated heterocycles. The van der Waals surface area contributed by atoms with Gasteiger partial charge < -0.3 is 15.3 Å². The smallest absolute Gasteiger partial charge is 0.303 e. The molecule has 1 saturated carbocycles. The Morgan fingerprint density at radius 1 is 1.23 bits per heavy atom. The van der Waals surface area contributed by atoms with Crippen LogP contribution >= 0.6 is 11.8 Å². The van der Waals surface area contributed by atoms with Gasteiger partial charge in [-0.15, -0.1) is 0 Å². The van der Waals surface area contributed by atoms with Crippen LogP contribution in [-0.4, -0.2) is 50.3 Å². The third-order valence-corrected chi connectivity index (χ3v) is 7.01. The normalized spacial score (nSPS) is 24.1. The molecule has 1 aliphatic rings. The Hall–Kier alpha value is -1.11. The molecule has 172 valence electrons. The van der Waals surface area contributed by atoms with Crippen LogP contribution in [0.15, 0.2) is 24.3 Å². The van der Waals surface area contributed by atoms with Gasteiger partial charge in [0.25, 0.3) is 0 Å². The number of carboxylic acid groups (broad SMARTS) is 1. The number of ketones is 1. The van der Waals surface area contributed by atoms with E-state index in [1.54, 1.807) is 11.8 Å². The molecule has 0 amide bonds. The molecule has 5 nitrogen and oxygen atoms in total. The average molecular weight is 441 g/mol. The van der Waals surface area contributed by atoms with Crippen molar-refractivity contribution in [2.45, 2.75) is 88.9 Å². The van der Waals surface area contributed by atoms with Crippen LogP contribution in [0.4, 0.5) is 0 Å². The summed E-state index contributed by atoms with van der Waals surface area (Å²) in [6.45, 7) is 4.13. The minimum Gasteiger partial charge on any atom is -0.481 e. The van der Waals surface area contributed by atoms with E-state index in [9.17, 15) is 19.8 Å². The molecule has 4 atom stereocenters. The largest absolute Gasteiger partial charge is 0.481 e. The summed E-state index contributed by atoms with van der Waals surface area (Å²) < 4.78 is 0. The Labute approximate surface area is 186 Å². The first-order chi connectivity index (χ1) is 14.3.